The lowest BCUT2D eigenvalue weighted by Gasteiger charge is -2.17. The molecule has 0 fully saturated rings. The van der Waals surface area contributed by atoms with Gasteiger partial charge in [0, 0.05) is 17.7 Å². The summed E-state index contributed by atoms with van der Waals surface area (Å²) in [6.07, 6.45) is 0. The smallest absolute Gasteiger partial charge is 0.127 e. The Kier molecular flexibility index (Phi) is 4.82. The first-order valence-corrected chi connectivity index (χ1v) is 10.2. The van der Waals surface area contributed by atoms with E-state index in [1.54, 1.807) is 0 Å². The molecule has 4 aromatic carbocycles. The number of hydrogen-bond acceptors (Lipinski definition) is 3. The Hall–Kier alpha value is -3.04. The van der Waals surface area contributed by atoms with Gasteiger partial charge in [-0.1, -0.05) is 60.7 Å². The van der Waals surface area contributed by atoms with Crippen LogP contribution in [0.2, 0.25) is 0 Å². The van der Waals surface area contributed by atoms with Gasteiger partial charge in [0.2, 0.25) is 0 Å². The van der Waals surface area contributed by atoms with Gasteiger partial charge in [0.15, 0.2) is 0 Å². The summed E-state index contributed by atoms with van der Waals surface area (Å²) in [5.41, 5.74) is 2.21. The van der Waals surface area contributed by atoms with Crippen molar-refractivity contribution in [2.75, 3.05) is 26.4 Å². The fraction of sp³-hybridized carbons (Fsp3) is 0.231. The Morgan fingerprint density at radius 3 is 1.76 bits per heavy atom. The molecule has 0 spiro atoms. The molecule has 0 bridgehead atoms. The average molecular weight is 384 g/mol. The maximum atomic E-state index is 6.37. The van der Waals surface area contributed by atoms with Gasteiger partial charge >= 0.3 is 0 Å². The monoisotopic (exact) mass is 384 g/mol. The van der Waals surface area contributed by atoms with Crippen LogP contribution in [0, 0.1) is 5.92 Å². The summed E-state index contributed by atoms with van der Waals surface area (Å²) in [5.74, 6) is 1.97. The second-order valence-corrected chi connectivity index (χ2v) is 7.47. The van der Waals surface area contributed by atoms with Crippen molar-refractivity contribution in [2.24, 2.45) is 5.92 Å². The van der Waals surface area contributed by atoms with Crippen molar-refractivity contribution >= 4 is 21.5 Å². The molecular formula is C26H24O3. The molecule has 0 N–H and O–H groups in total. The fourth-order valence-corrected chi connectivity index (χ4v) is 4.10. The Balaban J connectivity index is 1.78. The summed E-state index contributed by atoms with van der Waals surface area (Å²) >= 11 is 0. The van der Waals surface area contributed by atoms with E-state index in [1.165, 1.54) is 21.5 Å². The zero-order chi connectivity index (χ0) is 19.6. The summed E-state index contributed by atoms with van der Waals surface area (Å²) in [6, 6.07) is 25.4. The summed E-state index contributed by atoms with van der Waals surface area (Å²) in [6.45, 7) is 4.47. The van der Waals surface area contributed by atoms with E-state index < -0.39 is 0 Å². The van der Waals surface area contributed by atoms with Crippen molar-refractivity contribution in [1.29, 1.82) is 0 Å². The maximum absolute atomic E-state index is 6.37. The molecule has 146 valence electrons. The Labute approximate surface area is 170 Å². The van der Waals surface area contributed by atoms with Gasteiger partial charge in [-0.3, -0.25) is 0 Å². The quantitative estimate of drug-likeness (QED) is 0.428. The van der Waals surface area contributed by atoms with E-state index >= 15 is 0 Å². The molecule has 1 aliphatic rings. The molecule has 1 aliphatic heterocycles. The zero-order valence-corrected chi connectivity index (χ0v) is 16.6. The highest BCUT2D eigenvalue weighted by atomic mass is 16.5. The second-order valence-electron chi connectivity index (χ2n) is 7.47. The topological polar surface area (TPSA) is 27.7 Å². The minimum atomic E-state index is 0.173. The van der Waals surface area contributed by atoms with Gasteiger partial charge in [-0.25, -0.2) is 0 Å². The molecule has 29 heavy (non-hydrogen) atoms. The number of fused-ring (bicyclic) bond motifs is 7. The molecular weight excluding hydrogens is 360 g/mol. The van der Waals surface area contributed by atoms with Crippen molar-refractivity contribution in [3.05, 3.63) is 72.8 Å². The van der Waals surface area contributed by atoms with Gasteiger partial charge in [0.1, 0.15) is 11.5 Å². The number of ether oxygens (including phenoxy) is 3. The van der Waals surface area contributed by atoms with Crippen molar-refractivity contribution in [2.45, 2.75) is 6.92 Å². The summed E-state index contributed by atoms with van der Waals surface area (Å²) in [7, 11) is 0. The molecule has 0 unspecified atom stereocenters. The standard InChI is InChI=1S/C26H24O3/c1-2-27-15-18-16-28-23-13-11-19-7-3-5-9-21(19)25(23)26-22-10-6-4-8-20(22)12-14-24(26)29-17-18/h3-14,18H,2,15-17H2,1H3. The van der Waals surface area contributed by atoms with Crippen LogP contribution in [0.1, 0.15) is 6.92 Å². The SMILES string of the molecule is CCOCC1COc2ccc3ccccc3c2-c2c(ccc3ccccc23)OC1. The molecule has 0 radical (unpaired) electrons. The van der Waals surface area contributed by atoms with E-state index in [2.05, 4.69) is 72.8 Å². The van der Waals surface area contributed by atoms with E-state index in [0.717, 1.165) is 22.6 Å². The lowest BCUT2D eigenvalue weighted by molar-refractivity contribution is 0.0634. The zero-order valence-electron chi connectivity index (χ0n) is 16.6. The minimum absolute atomic E-state index is 0.173. The Morgan fingerprint density at radius 2 is 1.24 bits per heavy atom. The highest BCUT2D eigenvalue weighted by Gasteiger charge is 2.23. The Morgan fingerprint density at radius 1 is 0.724 bits per heavy atom. The highest BCUT2D eigenvalue weighted by molar-refractivity contribution is 6.09. The molecule has 0 aromatic heterocycles. The molecule has 0 saturated heterocycles. The number of rotatable bonds is 3. The molecule has 4 aromatic rings. The molecule has 5 rings (SSSR count). The normalized spacial score (nSPS) is 14.2. The van der Waals surface area contributed by atoms with Gasteiger partial charge in [-0.2, -0.15) is 0 Å². The summed E-state index contributed by atoms with van der Waals surface area (Å²) in [5, 5.41) is 4.74. The van der Waals surface area contributed by atoms with E-state index in [1.807, 2.05) is 6.92 Å². The predicted molar refractivity (Wildman–Crippen MR) is 118 cm³/mol. The van der Waals surface area contributed by atoms with E-state index in [0.29, 0.717) is 26.4 Å². The van der Waals surface area contributed by atoms with Gasteiger partial charge in [0.25, 0.3) is 0 Å². The second kappa shape index (κ2) is 7.76. The molecule has 0 saturated carbocycles. The van der Waals surface area contributed by atoms with Gasteiger partial charge in [-0.05, 0) is 40.6 Å². The lowest BCUT2D eigenvalue weighted by atomic mass is 9.92. The first-order chi connectivity index (χ1) is 14.3. The largest absolute Gasteiger partial charge is 0.492 e. The van der Waals surface area contributed by atoms with Gasteiger partial charge in [0.05, 0.1) is 25.7 Å². The molecule has 0 atom stereocenters. The van der Waals surface area contributed by atoms with E-state index in [4.69, 9.17) is 14.2 Å². The van der Waals surface area contributed by atoms with Crippen molar-refractivity contribution in [3.8, 4) is 22.6 Å². The van der Waals surface area contributed by atoms with E-state index in [-0.39, 0.29) is 5.92 Å². The van der Waals surface area contributed by atoms with Crippen LogP contribution in [0.4, 0.5) is 0 Å². The van der Waals surface area contributed by atoms with Crippen LogP contribution in [0.3, 0.4) is 0 Å². The lowest BCUT2D eigenvalue weighted by Crippen LogP contribution is -2.24. The van der Waals surface area contributed by atoms with Crippen molar-refractivity contribution < 1.29 is 14.2 Å². The molecule has 3 heteroatoms. The van der Waals surface area contributed by atoms with Crippen LogP contribution in [-0.2, 0) is 4.74 Å². The van der Waals surface area contributed by atoms with Crippen molar-refractivity contribution in [3.63, 3.8) is 0 Å². The van der Waals surface area contributed by atoms with Crippen LogP contribution < -0.4 is 9.47 Å². The minimum Gasteiger partial charge on any atom is -0.492 e. The number of benzene rings is 4. The van der Waals surface area contributed by atoms with Crippen LogP contribution >= 0.6 is 0 Å². The van der Waals surface area contributed by atoms with Crippen LogP contribution in [0.5, 0.6) is 11.5 Å². The first-order valence-electron chi connectivity index (χ1n) is 10.2. The fourth-order valence-electron chi connectivity index (χ4n) is 4.10. The number of hydrogen-bond donors (Lipinski definition) is 0. The highest BCUT2D eigenvalue weighted by Crippen LogP contribution is 2.46. The third kappa shape index (κ3) is 3.32. The Bertz CT molecular complexity index is 1080. The predicted octanol–water partition coefficient (Wildman–Crippen LogP) is 6.08. The van der Waals surface area contributed by atoms with E-state index in [9.17, 15) is 0 Å². The molecule has 3 nitrogen and oxygen atoms in total. The van der Waals surface area contributed by atoms with Gasteiger partial charge < -0.3 is 14.2 Å². The third-order valence-corrected chi connectivity index (χ3v) is 5.54. The van der Waals surface area contributed by atoms with Crippen LogP contribution in [0.15, 0.2) is 72.8 Å². The third-order valence-electron chi connectivity index (χ3n) is 5.54. The van der Waals surface area contributed by atoms with Crippen LogP contribution in [0.25, 0.3) is 32.7 Å². The maximum Gasteiger partial charge on any atom is 0.127 e. The average Bonchev–Trinajstić information content (AvgIpc) is 2.85. The first kappa shape index (κ1) is 18.0. The summed E-state index contributed by atoms with van der Waals surface area (Å²) < 4.78 is 18.4. The van der Waals surface area contributed by atoms with Crippen LogP contribution in [-0.4, -0.2) is 26.4 Å². The molecule has 0 amide bonds. The summed E-state index contributed by atoms with van der Waals surface area (Å²) in [4.78, 5) is 0. The molecule has 0 aliphatic carbocycles. The van der Waals surface area contributed by atoms with Gasteiger partial charge in [-0.15, -0.1) is 0 Å². The van der Waals surface area contributed by atoms with Crippen molar-refractivity contribution in [1.82, 2.24) is 0 Å². The molecule has 1 heterocycles.